The van der Waals surface area contributed by atoms with Gasteiger partial charge >= 0.3 is 0 Å². The molecule has 0 amide bonds. The van der Waals surface area contributed by atoms with Crippen molar-refractivity contribution >= 4 is 11.8 Å². The lowest BCUT2D eigenvalue weighted by Crippen LogP contribution is -3.10. The summed E-state index contributed by atoms with van der Waals surface area (Å²) >= 11 is 0. The number of halogens is 1. The Morgan fingerprint density at radius 3 is 1.76 bits per heavy atom. The van der Waals surface area contributed by atoms with Crippen molar-refractivity contribution in [3.63, 3.8) is 0 Å². The molecule has 144 valence electrons. The first-order valence-electron chi connectivity index (χ1n) is 10.3. The highest BCUT2D eigenvalue weighted by Crippen LogP contribution is 2.11. The van der Waals surface area contributed by atoms with E-state index in [1.807, 2.05) is 6.08 Å². The van der Waals surface area contributed by atoms with E-state index in [-0.39, 0.29) is 12.4 Å². The van der Waals surface area contributed by atoms with E-state index in [1.165, 1.54) is 82.0 Å². The average molecular weight is 366 g/mol. The van der Waals surface area contributed by atoms with Crippen molar-refractivity contribution in [2.45, 2.75) is 91.0 Å². The van der Waals surface area contributed by atoms with Crippen molar-refractivity contribution < 1.29 is 17.3 Å². The van der Waals surface area contributed by atoms with Gasteiger partial charge in [0.15, 0.2) is 0 Å². The summed E-state index contributed by atoms with van der Waals surface area (Å²) in [6, 6.07) is 9.54. The van der Waals surface area contributed by atoms with E-state index < -0.39 is 0 Å². The predicted molar refractivity (Wildman–Crippen MR) is 109 cm³/mol. The summed E-state index contributed by atoms with van der Waals surface area (Å²) in [5.41, 5.74) is 2.63. The molecule has 1 rings (SSSR count). The quantitative estimate of drug-likeness (QED) is 0.483. The number of benzene rings is 1. The maximum absolute atomic E-state index is 3.84. The fourth-order valence-corrected chi connectivity index (χ4v) is 3.40. The molecular weight excluding hydrogens is 326 g/mol. The van der Waals surface area contributed by atoms with Gasteiger partial charge in [-0.25, -0.2) is 0 Å². The van der Waals surface area contributed by atoms with Gasteiger partial charge in [0.1, 0.15) is 5.69 Å². The lowest BCUT2D eigenvalue weighted by molar-refractivity contribution is -0.856. The van der Waals surface area contributed by atoms with Gasteiger partial charge in [0.05, 0.1) is 12.6 Å². The first kappa shape index (κ1) is 24.2. The number of quaternary nitrogens is 1. The molecule has 1 aromatic rings. The predicted octanol–water partition coefficient (Wildman–Crippen LogP) is 3.18. The van der Waals surface area contributed by atoms with Crippen molar-refractivity contribution in [3.05, 3.63) is 36.4 Å². The summed E-state index contributed by atoms with van der Waals surface area (Å²) in [6.07, 6.45) is 16.0. The van der Waals surface area contributed by atoms with E-state index in [1.54, 1.807) is 4.90 Å². The minimum atomic E-state index is 0. The summed E-state index contributed by atoms with van der Waals surface area (Å²) < 4.78 is 0. The summed E-state index contributed by atoms with van der Waals surface area (Å²) in [7, 11) is 0. The van der Waals surface area contributed by atoms with Crippen LogP contribution >= 0.6 is 0 Å². The normalized spacial score (nSPS) is 12.0. The van der Waals surface area contributed by atoms with Gasteiger partial charge in [-0.2, -0.15) is 0 Å². The Bertz CT molecular complexity index is 424. The summed E-state index contributed by atoms with van der Waals surface area (Å²) in [4.78, 5) is 1.62. The maximum atomic E-state index is 3.84. The molecule has 2 heteroatoms. The van der Waals surface area contributed by atoms with Crippen LogP contribution in [0.4, 0.5) is 5.69 Å². The van der Waals surface area contributed by atoms with Crippen LogP contribution in [0.3, 0.4) is 0 Å². The Balaban J connectivity index is 0.00000576. The maximum Gasteiger partial charge on any atom is 0.131 e. The van der Waals surface area contributed by atoms with Crippen molar-refractivity contribution in [1.29, 1.82) is 0 Å². The van der Waals surface area contributed by atoms with Gasteiger partial charge < -0.3 is 17.3 Å². The van der Waals surface area contributed by atoms with Crippen LogP contribution in [0, 0.1) is 0 Å². The first-order chi connectivity index (χ1) is 11.7. The molecule has 0 aliphatic carbocycles. The van der Waals surface area contributed by atoms with E-state index in [2.05, 4.69) is 51.6 Å². The molecule has 0 heterocycles. The highest BCUT2D eigenvalue weighted by molar-refractivity contribution is 5.49. The van der Waals surface area contributed by atoms with Crippen molar-refractivity contribution in [1.82, 2.24) is 0 Å². The van der Waals surface area contributed by atoms with Crippen LogP contribution in [0.15, 0.2) is 30.8 Å². The van der Waals surface area contributed by atoms with Crippen molar-refractivity contribution in [2.75, 3.05) is 6.54 Å². The molecule has 0 spiro atoms. The number of rotatable bonds is 14. The molecule has 1 nitrogen and oxygen atoms in total. The van der Waals surface area contributed by atoms with Gasteiger partial charge in [0.25, 0.3) is 0 Å². The fourth-order valence-electron chi connectivity index (χ4n) is 3.40. The summed E-state index contributed by atoms with van der Waals surface area (Å²) in [5, 5.41) is 0. The lowest BCUT2D eigenvalue weighted by atomic mass is 10.1. The Morgan fingerprint density at radius 1 is 0.840 bits per heavy atom. The van der Waals surface area contributed by atoms with Gasteiger partial charge in [-0.15, -0.1) is 0 Å². The van der Waals surface area contributed by atoms with Crippen LogP contribution in [0.25, 0.3) is 6.08 Å². The largest absolute Gasteiger partial charge is 1.00 e. The van der Waals surface area contributed by atoms with Gasteiger partial charge in [0.2, 0.25) is 0 Å². The number of hydrogen-bond donors (Lipinski definition) is 1. The molecule has 1 aromatic carbocycles. The Hall–Kier alpha value is -0.790. The molecule has 0 aliphatic heterocycles. The van der Waals surface area contributed by atoms with Gasteiger partial charge in [0, 0.05) is 0 Å². The second-order valence-corrected chi connectivity index (χ2v) is 7.44. The molecule has 0 bridgehead atoms. The Morgan fingerprint density at radius 2 is 1.32 bits per heavy atom. The molecule has 0 radical (unpaired) electrons. The highest BCUT2D eigenvalue weighted by Gasteiger charge is 2.15. The van der Waals surface area contributed by atoms with E-state index in [4.69, 9.17) is 0 Å². The topological polar surface area (TPSA) is 4.44 Å². The smallest absolute Gasteiger partial charge is 0.131 e. The number of hydrogen-bond acceptors (Lipinski definition) is 0. The molecule has 1 atom stereocenters. The molecular formula is C23H40ClN. The van der Waals surface area contributed by atoms with Crippen LogP contribution in [-0.4, -0.2) is 12.6 Å². The third kappa shape index (κ3) is 10.7. The summed E-state index contributed by atoms with van der Waals surface area (Å²) in [5.74, 6) is 0. The van der Waals surface area contributed by atoms with Gasteiger partial charge in [-0.3, -0.25) is 0 Å². The lowest BCUT2D eigenvalue weighted by Gasteiger charge is -2.23. The van der Waals surface area contributed by atoms with Gasteiger partial charge in [-0.05, 0) is 56.5 Å². The SMILES string of the molecule is C=Cc1ccc([NH+](CCCCCCCCCCCC)C(C)C)cc1.[Cl-]. The minimum absolute atomic E-state index is 0. The van der Waals surface area contributed by atoms with Crippen molar-refractivity contribution in [3.8, 4) is 0 Å². The Kier molecular flexibility index (Phi) is 15.0. The van der Waals surface area contributed by atoms with Gasteiger partial charge in [-0.1, -0.05) is 70.9 Å². The zero-order valence-corrected chi connectivity index (χ0v) is 17.6. The van der Waals surface area contributed by atoms with E-state index in [0.717, 1.165) is 0 Å². The summed E-state index contributed by atoms with van der Waals surface area (Å²) in [6.45, 7) is 12.0. The third-order valence-corrected chi connectivity index (χ3v) is 5.01. The molecule has 0 aliphatic rings. The first-order valence-corrected chi connectivity index (χ1v) is 10.3. The van der Waals surface area contributed by atoms with Crippen molar-refractivity contribution in [2.24, 2.45) is 0 Å². The standard InChI is InChI=1S/C23H39N.ClH/c1-5-7-8-9-10-11-12-13-14-15-20-24(21(3)4)23-18-16-22(6-2)17-19-23;/h6,16-19,21H,2,5,7-15,20H2,1,3-4H3;1H. The minimum Gasteiger partial charge on any atom is -1.00 e. The zero-order chi connectivity index (χ0) is 17.6. The molecule has 0 fully saturated rings. The van der Waals surface area contributed by atoms with E-state index in [0.29, 0.717) is 6.04 Å². The monoisotopic (exact) mass is 365 g/mol. The van der Waals surface area contributed by atoms with Crippen LogP contribution in [0.1, 0.15) is 90.5 Å². The van der Waals surface area contributed by atoms with Crippen LogP contribution in [0.2, 0.25) is 0 Å². The zero-order valence-electron chi connectivity index (χ0n) is 16.8. The number of unbranched alkanes of at least 4 members (excludes halogenated alkanes) is 9. The van der Waals surface area contributed by atoms with Crippen LogP contribution in [-0.2, 0) is 0 Å². The third-order valence-electron chi connectivity index (χ3n) is 5.01. The average Bonchev–Trinajstić information content (AvgIpc) is 2.59. The van der Waals surface area contributed by atoms with E-state index >= 15 is 0 Å². The second-order valence-electron chi connectivity index (χ2n) is 7.44. The molecule has 1 unspecified atom stereocenters. The second kappa shape index (κ2) is 15.5. The number of nitrogens with one attached hydrogen (secondary N) is 1. The Labute approximate surface area is 163 Å². The van der Waals surface area contributed by atoms with Crippen LogP contribution < -0.4 is 17.3 Å². The highest BCUT2D eigenvalue weighted by atomic mass is 35.5. The molecule has 25 heavy (non-hydrogen) atoms. The van der Waals surface area contributed by atoms with E-state index in [9.17, 15) is 0 Å². The molecule has 0 saturated heterocycles. The fraction of sp³-hybridized carbons (Fsp3) is 0.652. The molecule has 0 saturated carbocycles. The van der Waals surface area contributed by atoms with Crippen LogP contribution in [0.5, 0.6) is 0 Å². The molecule has 1 N–H and O–H groups in total. The molecule has 0 aromatic heterocycles.